The van der Waals surface area contributed by atoms with Crippen LogP contribution >= 0.6 is 0 Å². The lowest BCUT2D eigenvalue weighted by molar-refractivity contribution is -0.146. The van der Waals surface area contributed by atoms with Gasteiger partial charge in [-0.1, -0.05) is 12.1 Å². The van der Waals surface area contributed by atoms with Crippen molar-refractivity contribution in [1.29, 1.82) is 0 Å². The zero-order chi connectivity index (χ0) is 14.8. The molecule has 1 saturated heterocycles. The largest absolute Gasteiger partial charge is 0.480 e. The normalized spacial score (nSPS) is 19.4. The van der Waals surface area contributed by atoms with Crippen LogP contribution in [0, 0.1) is 0 Å². The highest BCUT2D eigenvalue weighted by Gasteiger charge is 2.31. The molecular formula is C15H15N3O3. The van der Waals surface area contributed by atoms with Crippen LogP contribution in [0.5, 0.6) is 0 Å². The molecule has 2 heterocycles. The molecular weight excluding hydrogens is 270 g/mol. The lowest BCUT2D eigenvalue weighted by atomic mass is 10.1. The maximum atomic E-state index is 11.5. The second kappa shape index (κ2) is 5.49. The number of carbonyl (C=O) groups is 2. The molecule has 0 aliphatic carbocycles. The molecule has 21 heavy (non-hydrogen) atoms. The van der Waals surface area contributed by atoms with Crippen LogP contribution in [0.15, 0.2) is 36.5 Å². The quantitative estimate of drug-likeness (QED) is 0.864. The van der Waals surface area contributed by atoms with E-state index in [0.29, 0.717) is 6.54 Å². The maximum Gasteiger partial charge on any atom is 0.322 e. The molecule has 2 N–H and O–H groups in total. The van der Waals surface area contributed by atoms with Gasteiger partial charge in [0, 0.05) is 24.7 Å². The van der Waals surface area contributed by atoms with E-state index in [1.807, 2.05) is 30.3 Å². The molecule has 1 amide bonds. The van der Waals surface area contributed by atoms with Crippen molar-refractivity contribution in [3.8, 4) is 0 Å². The third-order valence-corrected chi connectivity index (χ3v) is 3.62. The van der Waals surface area contributed by atoms with Crippen molar-refractivity contribution in [2.24, 2.45) is 0 Å². The van der Waals surface area contributed by atoms with Crippen LogP contribution in [0.1, 0.15) is 5.56 Å². The van der Waals surface area contributed by atoms with Gasteiger partial charge in [-0.25, -0.2) is 0 Å². The molecule has 0 bridgehead atoms. The summed E-state index contributed by atoms with van der Waals surface area (Å²) in [6, 6.07) is 8.94. The van der Waals surface area contributed by atoms with Gasteiger partial charge in [-0.15, -0.1) is 0 Å². The Morgan fingerprint density at radius 1 is 1.43 bits per heavy atom. The summed E-state index contributed by atoms with van der Waals surface area (Å²) in [6.45, 7) is 0.667. The Labute approximate surface area is 121 Å². The van der Waals surface area contributed by atoms with Crippen LogP contribution in [0.25, 0.3) is 10.9 Å². The Kier molecular flexibility index (Phi) is 3.53. The highest BCUT2D eigenvalue weighted by atomic mass is 16.4. The third kappa shape index (κ3) is 2.85. The summed E-state index contributed by atoms with van der Waals surface area (Å²) in [5.41, 5.74) is 1.86. The molecule has 2 aromatic rings. The van der Waals surface area contributed by atoms with Crippen molar-refractivity contribution in [3.63, 3.8) is 0 Å². The Morgan fingerprint density at radius 3 is 3.10 bits per heavy atom. The van der Waals surface area contributed by atoms with E-state index < -0.39 is 12.0 Å². The lowest BCUT2D eigenvalue weighted by Crippen LogP contribution is -2.56. The minimum absolute atomic E-state index is 0.0992. The van der Waals surface area contributed by atoms with Gasteiger partial charge in [-0.3, -0.25) is 19.5 Å². The smallest absolute Gasteiger partial charge is 0.322 e. The highest BCUT2D eigenvalue weighted by molar-refractivity contribution is 5.83. The first-order chi connectivity index (χ1) is 10.1. The molecule has 1 aromatic heterocycles. The summed E-state index contributed by atoms with van der Waals surface area (Å²) < 4.78 is 0. The summed E-state index contributed by atoms with van der Waals surface area (Å²) >= 11 is 0. The van der Waals surface area contributed by atoms with Gasteiger partial charge in [0.25, 0.3) is 0 Å². The van der Waals surface area contributed by atoms with E-state index in [-0.39, 0.29) is 19.0 Å². The molecule has 6 nitrogen and oxygen atoms in total. The van der Waals surface area contributed by atoms with Gasteiger partial charge in [0.15, 0.2) is 0 Å². The molecule has 1 unspecified atom stereocenters. The van der Waals surface area contributed by atoms with Crippen molar-refractivity contribution >= 4 is 22.8 Å². The number of aliphatic carboxylic acids is 1. The second-order valence-corrected chi connectivity index (χ2v) is 5.09. The van der Waals surface area contributed by atoms with Crippen molar-refractivity contribution in [1.82, 2.24) is 15.2 Å². The van der Waals surface area contributed by atoms with Crippen LogP contribution in [-0.4, -0.2) is 46.0 Å². The van der Waals surface area contributed by atoms with Gasteiger partial charge in [0.1, 0.15) is 6.04 Å². The van der Waals surface area contributed by atoms with Crippen molar-refractivity contribution in [2.45, 2.75) is 12.6 Å². The zero-order valence-corrected chi connectivity index (χ0v) is 11.3. The SMILES string of the molecule is O=C1CN(Cc2ccc3ncccc3c2)C(C(=O)O)CN1. The average molecular weight is 285 g/mol. The predicted molar refractivity (Wildman–Crippen MR) is 76.6 cm³/mol. The summed E-state index contributed by atoms with van der Waals surface area (Å²) in [7, 11) is 0. The Bertz CT molecular complexity index is 701. The molecule has 108 valence electrons. The topological polar surface area (TPSA) is 82.5 Å². The lowest BCUT2D eigenvalue weighted by Gasteiger charge is -2.32. The summed E-state index contributed by atoms with van der Waals surface area (Å²) in [6.07, 6.45) is 1.73. The number of carbonyl (C=O) groups excluding carboxylic acids is 1. The van der Waals surface area contributed by atoms with Crippen LogP contribution in [0.4, 0.5) is 0 Å². The van der Waals surface area contributed by atoms with E-state index >= 15 is 0 Å². The van der Waals surface area contributed by atoms with Crippen LogP contribution in [-0.2, 0) is 16.1 Å². The van der Waals surface area contributed by atoms with Gasteiger partial charge in [-0.2, -0.15) is 0 Å². The Hall–Kier alpha value is -2.47. The van der Waals surface area contributed by atoms with Crippen molar-refractivity contribution in [3.05, 3.63) is 42.1 Å². The van der Waals surface area contributed by atoms with E-state index in [9.17, 15) is 14.7 Å². The number of nitrogens with one attached hydrogen (secondary N) is 1. The summed E-state index contributed by atoms with van der Waals surface area (Å²) in [5.74, 6) is -1.06. The molecule has 0 radical (unpaired) electrons. The van der Waals surface area contributed by atoms with Gasteiger partial charge >= 0.3 is 5.97 Å². The van der Waals surface area contributed by atoms with Crippen LogP contribution in [0.3, 0.4) is 0 Å². The fraction of sp³-hybridized carbons (Fsp3) is 0.267. The maximum absolute atomic E-state index is 11.5. The Morgan fingerprint density at radius 2 is 2.29 bits per heavy atom. The molecule has 0 saturated carbocycles. The first kappa shape index (κ1) is 13.5. The number of amides is 1. The zero-order valence-electron chi connectivity index (χ0n) is 11.3. The number of nitrogens with zero attached hydrogens (tertiary/aromatic N) is 2. The number of carboxylic acids is 1. The molecule has 3 rings (SSSR count). The number of pyridine rings is 1. The minimum Gasteiger partial charge on any atom is -0.480 e. The number of hydrogen-bond acceptors (Lipinski definition) is 4. The number of aromatic nitrogens is 1. The number of carboxylic acid groups (broad SMARTS) is 1. The Balaban J connectivity index is 1.85. The standard InChI is InChI=1S/C15H15N3O3/c19-14-9-18(13(7-17-14)15(20)21)8-10-3-4-12-11(6-10)2-1-5-16-12/h1-6,13H,7-9H2,(H,17,19)(H,20,21). The molecule has 1 atom stereocenters. The van der Waals surface area contributed by atoms with Crippen molar-refractivity contribution < 1.29 is 14.7 Å². The van der Waals surface area contributed by atoms with Gasteiger partial charge < -0.3 is 10.4 Å². The number of rotatable bonds is 3. The molecule has 1 aromatic carbocycles. The molecule has 1 fully saturated rings. The average Bonchev–Trinajstić information content (AvgIpc) is 2.47. The fourth-order valence-electron chi connectivity index (χ4n) is 2.56. The number of fused-ring (bicyclic) bond motifs is 1. The van der Waals surface area contributed by atoms with E-state index in [1.165, 1.54) is 0 Å². The predicted octanol–water partition coefficient (Wildman–Crippen LogP) is 0.620. The minimum atomic E-state index is -0.919. The molecule has 1 aliphatic rings. The highest BCUT2D eigenvalue weighted by Crippen LogP contribution is 2.16. The molecule has 0 spiro atoms. The van der Waals surface area contributed by atoms with Crippen LogP contribution < -0.4 is 5.32 Å². The van der Waals surface area contributed by atoms with Gasteiger partial charge in [0.2, 0.25) is 5.91 Å². The van der Waals surface area contributed by atoms with E-state index in [2.05, 4.69) is 10.3 Å². The number of hydrogen-bond donors (Lipinski definition) is 2. The number of piperazine rings is 1. The summed E-state index contributed by atoms with van der Waals surface area (Å²) in [5, 5.41) is 12.8. The first-order valence-electron chi connectivity index (χ1n) is 6.71. The first-order valence-corrected chi connectivity index (χ1v) is 6.71. The van der Waals surface area contributed by atoms with Crippen molar-refractivity contribution in [2.75, 3.05) is 13.1 Å². The molecule has 6 heteroatoms. The van der Waals surface area contributed by atoms with Gasteiger partial charge in [-0.05, 0) is 23.8 Å². The van der Waals surface area contributed by atoms with Gasteiger partial charge in [0.05, 0.1) is 12.1 Å². The monoisotopic (exact) mass is 285 g/mol. The van der Waals surface area contributed by atoms with E-state index in [0.717, 1.165) is 16.5 Å². The third-order valence-electron chi connectivity index (χ3n) is 3.62. The number of benzene rings is 1. The van der Waals surface area contributed by atoms with E-state index in [1.54, 1.807) is 11.1 Å². The summed E-state index contributed by atoms with van der Waals surface area (Å²) in [4.78, 5) is 28.7. The second-order valence-electron chi connectivity index (χ2n) is 5.09. The fourth-order valence-corrected chi connectivity index (χ4v) is 2.56. The van der Waals surface area contributed by atoms with E-state index in [4.69, 9.17) is 0 Å². The molecule has 1 aliphatic heterocycles. The van der Waals surface area contributed by atoms with Crippen LogP contribution in [0.2, 0.25) is 0 Å².